The summed E-state index contributed by atoms with van der Waals surface area (Å²) in [6.45, 7) is 4.73. The fourth-order valence-electron chi connectivity index (χ4n) is 3.98. The van der Waals surface area contributed by atoms with Crippen LogP contribution in [0.4, 0.5) is 5.82 Å². The monoisotopic (exact) mass is 287 g/mol. The molecule has 3 heteroatoms. The highest BCUT2D eigenvalue weighted by molar-refractivity contribution is 5.47. The van der Waals surface area contributed by atoms with Gasteiger partial charge in [-0.25, -0.2) is 4.98 Å². The Balaban J connectivity index is 1.75. The van der Waals surface area contributed by atoms with Gasteiger partial charge in [0.15, 0.2) is 0 Å². The lowest BCUT2D eigenvalue weighted by Gasteiger charge is -2.28. The first kappa shape index (κ1) is 14.8. The van der Waals surface area contributed by atoms with E-state index in [0.29, 0.717) is 12.1 Å². The first-order valence-corrected chi connectivity index (χ1v) is 8.84. The molecule has 0 amide bonds. The number of hydrogen-bond donors (Lipinski definition) is 1. The second kappa shape index (κ2) is 7.26. The van der Waals surface area contributed by atoms with E-state index in [9.17, 15) is 0 Å². The second-order valence-electron chi connectivity index (χ2n) is 6.61. The molecular formula is C18H29N3. The minimum Gasteiger partial charge on any atom is -0.367 e. The van der Waals surface area contributed by atoms with Crippen molar-refractivity contribution < 1.29 is 0 Å². The molecule has 0 bridgehead atoms. The molecule has 1 aliphatic carbocycles. The van der Waals surface area contributed by atoms with E-state index < -0.39 is 0 Å². The van der Waals surface area contributed by atoms with Gasteiger partial charge in [-0.3, -0.25) is 4.90 Å². The van der Waals surface area contributed by atoms with Crippen LogP contribution >= 0.6 is 0 Å². The van der Waals surface area contributed by atoms with Crippen molar-refractivity contribution in [3.63, 3.8) is 0 Å². The van der Waals surface area contributed by atoms with E-state index in [-0.39, 0.29) is 0 Å². The summed E-state index contributed by atoms with van der Waals surface area (Å²) in [6.07, 6.45) is 12.5. The zero-order valence-corrected chi connectivity index (χ0v) is 13.4. The minimum atomic E-state index is 0.574. The molecule has 21 heavy (non-hydrogen) atoms. The number of nitrogens with one attached hydrogen (secondary N) is 1. The van der Waals surface area contributed by atoms with Gasteiger partial charge in [0.1, 0.15) is 5.82 Å². The second-order valence-corrected chi connectivity index (χ2v) is 6.61. The number of pyridine rings is 1. The highest BCUT2D eigenvalue weighted by atomic mass is 15.2. The Hall–Kier alpha value is -1.09. The Morgan fingerprint density at radius 1 is 1.19 bits per heavy atom. The molecule has 1 aromatic rings. The molecule has 1 saturated heterocycles. The number of aromatic nitrogens is 1. The third-order valence-corrected chi connectivity index (χ3v) is 5.02. The molecule has 1 N–H and O–H groups in total. The molecular weight excluding hydrogens is 258 g/mol. The van der Waals surface area contributed by atoms with Crippen LogP contribution in [-0.4, -0.2) is 29.0 Å². The third-order valence-electron chi connectivity index (χ3n) is 5.02. The summed E-state index contributed by atoms with van der Waals surface area (Å²) in [7, 11) is 0. The van der Waals surface area contributed by atoms with Gasteiger partial charge in [-0.05, 0) is 51.3 Å². The van der Waals surface area contributed by atoms with Crippen LogP contribution in [-0.2, 0) is 0 Å². The molecule has 3 nitrogen and oxygen atoms in total. The Kier molecular flexibility index (Phi) is 5.13. The van der Waals surface area contributed by atoms with Gasteiger partial charge >= 0.3 is 0 Å². The number of likely N-dealkylation sites (tertiary alicyclic amines) is 1. The predicted molar refractivity (Wildman–Crippen MR) is 88.6 cm³/mol. The van der Waals surface area contributed by atoms with Gasteiger partial charge < -0.3 is 5.32 Å². The summed E-state index contributed by atoms with van der Waals surface area (Å²) in [5, 5.41) is 3.75. The van der Waals surface area contributed by atoms with E-state index in [2.05, 4.69) is 34.3 Å². The molecule has 2 heterocycles. The number of anilines is 1. The van der Waals surface area contributed by atoms with Crippen molar-refractivity contribution in [3.8, 4) is 0 Å². The Morgan fingerprint density at radius 3 is 2.86 bits per heavy atom. The molecule has 1 atom stereocenters. The summed E-state index contributed by atoms with van der Waals surface area (Å²) in [5.41, 5.74) is 1.43. The summed E-state index contributed by atoms with van der Waals surface area (Å²) < 4.78 is 0. The quantitative estimate of drug-likeness (QED) is 0.871. The van der Waals surface area contributed by atoms with E-state index in [0.717, 1.165) is 5.82 Å². The maximum Gasteiger partial charge on any atom is 0.130 e. The zero-order valence-electron chi connectivity index (χ0n) is 13.4. The first-order valence-electron chi connectivity index (χ1n) is 8.84. The fraction of sp³-hybridized carbons (Fsp3) is 0.722. The van der Waals surface area contributed by atoms with Gasteiger partial charge in [0, 0.05) is 23.8 Å². The molecule has 1 aliphatic heterocycles. The molecule has 0 unspecified atom stereocenters. The van der Waals surface area contributed by atoms with Crippen LogP contribution in [0.3, 0.4) is 0 Å². The maximum absolute atomic E-state index is 4.67. The largest absolute Gasteiger partial charge is 0.367 e. The molecule has 116 valence electrons. The van der Waals surface area contributed by atoms with E-state index in [1.165, 1.54) is 70.0 Å². The summed E-state index contributed by atoms with van der Waals surface area (Å²) in [6, 6.07) is 5.60. The topological polar surface area (TPSA) is 28.2 Å². The van der Waals surface area contributed by atoms with Gasteiger partial charge in [0.25, 0.3) is 0 Å². The zero-order chi connectivity index (χ0) is 14.5. The standard InChI is InChI=1S/C18H29N3/c1-2-13-21-14-7-11-17(21)16-10-6-12-19-18(16)20-15-8-4-3-5-9-15/h6,10,12,15,17H,2-5,7-9,11,13-14H2,1H3,(H,19,20)/t17-/m1/s1. The first-order chi connectivity index (χ1) is 10.4. The molecule has 2 aliphatic rings. The van der Waals surface area contributed by atoms with Crippen LogP contribution in [0.1, 0.15) is 69.9 Å². The lowest BCUT2D eigenvalue weighted by Crippen LogP contribution is -2.27. The molecule has 1 aromatic heterocycles. The Bertz CT molecular complexity index is 440. The Morgan fingerprint density at radius 2 is 2.05 bits per heavy atom. The fourth-order valence-corrected chi connectivity index (χ4v) is 3.98. The average molecular weight is 287 g/mol. The van der Waals surface area contributed by atoms with Crippen molar-refractivity contribution in [1.82, 2.24) is 9.88 Å². The van der Waals surface area contributed by atoms with Crippen LogP contribution in [0.2, 0.25) is 0 Å². The summed E-state index contributed by atoms with van der Waals surface area (Å²) in [5.74, 6) is 1.15. The van der Waals surface area contributed by atoms with Gasteiger partial charge in [-0.1, -0.05) is 32.3 Å². The number of hydrogen-bond acceptors (Lipinski definition) is 3. The van der Waals surface area contributed by atoms with Crippen molar-refractivity contribution in [2.75, 3.05) is 18.4 Å². The summed E-state index contributed by atoms with van der Waals surface area (Å²) >= 11 is 0. The smallest absolute Gasteiger partial charge is 0.130 e. The van der Waals surface area contributed by atoms with Gasteiger partial charge in [0.2, 0.25) is 0 Å². The SMILES string of the molecule is CCCN1CCC[C@@H]1c1cccnc1NC1CCCCC1. The van der Waals surface area contributed by atoms with Gasteiger partial charge in [-0.15, -0.1) is 0 Å². The van der Waals surface area contributed by atoms with Crippen molar-refractivity contribution in [1.29, 1.82) is 0 Å². The van der Waals surface area contributed by atoms with Crippen molar-refractivity contribution >= 4 is 5.82 Å². The van der Waals surface area contributed by atoms with Crippen molar-refractivity contribution in [3.05, 3.63) is 23.9 Å². The van der Waals surface area contributed by atoms with Gasteiger partial charge in [0.05, 0.1) is 0 Å². The summed E-state index contributed by atoms with van der Waals surface area (Å²) in [4.78, 5) is 7.32. The van der Waals surface area contributed by atoms with Gasteiger partial charge in [-0.2, -0.15) is 0 Å². The van der Waals surface area contributed by atoms with Crippen LogP contribution in [0.5, 0.6) is 0 Å². The highest BCUT2D eigenvalue weighted by Crippen LogP contribution is 2.35. The van der Waals surface area contributed by atoms with E-state index in [4.69, 9.17) is 0 Å². The Labute approximate surface area is 129 Å². The molecule has 3 rings (SSSR count). The van der Waals surface area contributed by atoms with Crippen LogP contribution < -0.4 is 5.32 Å². The molecule has 0 aromatic carbocycles. The van der Waals surface area contributed by atoms with Crippen molar-refractivity contribution in [2.45, 2.75) is 70.4 Å². The van der Waals surface area contributed by atoms with Crippen LogP contribution in [0.25, 0.3) is 0 Å². The van der Waals surface area contributed by atoms with E-state index in [1.54, 1.807) is 0 Å². The molecule has 1 saturated carbocycles. The molecule has 0 radical (unpaired) electrons. The lowest BCUT2D eigenvalue weighted by molar-refractivity contribution is 0.258. The van der Waals surface area contributed by atoms with E-state index in [1.807, 2.05) is 6.20 Å². The normalized spacial score (nSPS) is 24.3. The lowest BCUT2D eigenvalue weighted by atomic mass is 9.95. The third kappa shape index (κ3) is 3.57. The minimum absolute atomic E-state index is 0.574. The highest BCUT2D eigenvalue weighted by Gasteiger charge is 2.28. The molecule has 0 spiro atoms. The number of nitrogens with zero attached hydrogens (tertiary/aromatic N) is 2. The number of rotatable bonds is 5. The van der Waals surface area contributed by atoms with Crippen LogP contribution in [0, 0.1) is 0 Å². The van der Waals surface area contributed by atoms with Crippen LogP contribution in [0.15, 0.2) is 18.3 Å². The average Bonchev–Trinajstić information content (AvgIpc) is 2.97. The predicted octanol–water partition coefficient (Wildman–Crippen LogP) is 4.37. The molecule has 2 fully saturated rings. The van der Waals surface area contributed by atoms with Crippen molar-refractivity contribution in [2.24, 2.45) is 0 Å². The maximum atomic E-state index is 4.67. The van der Waals surface area contributed by atoms with E-state index >= 15 is 0 Å².